The molecule has 0 spiro atoms. The Kier molecular flexibility index (Phi) is 5.94. The minimum absolute atomic E-state index is 0.119. The monoisotopic (exact) mass is 352 g/mol. The van der Waals surface area contributed by atoms with Gasteiger partial charge in [-0.1, -0.05) is 43.3 Å². The van der Waals surface area contributed by atoms with Crippen LogP contribution < -0.4 is 15.1 Å². The fraction of sp³-hybridized carbons (Fsp3) is 0.409. The highest BCUT2D eigenvalue weighted by Gasteiger charge is 2.23. The molecule has 1 aliphatic rings. The fourth-order valence-electron chi connectivity index (χ4n) is 3.77. The first-order chi connectivity index (χ1) is 12.6. The Bertz CT molecular complexity index is 764. The van der Waals surface area contributed by atoms with Gasteiger partial charge in [0, 0.05) is 11.4 Å². The summed E-state index contributed by atoms with van der Waals surface area (Å²) in [5, 5.41) is 3.16. The van der Waals surface area contributed by atoms with Gasteiger partial charge in [0.25, 0.3) is 5.91 Å². The van der Waals surface area contributed by atoms with E-state index in [1.807, 2.05) is 0 Å². The van der Waals surface area contributed by atoms with Gasteiger partial charge in [-0.05, 0) is 43.0 Å². The SMILES string of the molecule is CCc1cccc(C)c1NC(=O)C[NH+]1CCN(c2ccccc2C)CC1. The first kappa shape index (κ1) is 18.5. The van der Waals surface area contributed by atoms with Gasteiger partial charge in [-0.2, -0.15) is 0 Å². The molecule has 2 N–H and O–H groups in total. The zero-order chi connectivity index (χ0) is 18.5. The second-order valence-corrected chi connectivity index (χ2v) is 7.21. The molecule has 4 nitrogen and oxygen atoms in total. The Morgan fingerprint density at radius 1 is 1.04 bits per heavy atom. The Hall–Kier alpha value is -2.33. The molecule has 4 heteroatoms. The number of carbonyl (C=O) groups excluding carboxylic acids is 1. The number of hydrogen-bond donors (Lipinski definition) is 2. The van der Waals surface area contributed by atoms with Crippen molar-refractivity contribution in [2.75, 3.05) is 42.9 Å². The molecular formula is C22H30N3O+. The molecule has 3 rings (SSSR count). The molecule has 1 aliphatic heterocycles. The van der Waals surface area contributed by atoms with Crippen molar-refractivity contribution in [1.82, 2.24) is 0 Å². The molecule has 1 amide bonds. The van der Waals surface area contributed by atoms with E-state index in [0.717, 1.165) is 43.9 Å². The molecule has 0 bridgehead atoms. The number of nitrogens with one attached hydrogen (secondary N) is 2. The van der Waals surface area contributed by atoms with E-state index in [-0.39, 0.29) is 5.91 Å². The number of para-hydroxylation sites is 2. The molecule has 0 radical (unpaired) electrons. The number of aryl methyl sites for hydroxylation is 3. The number of quaternary nitrogens is 1. The van der Waals surface area contributed by atoms with Gasteiger partial charge >= 0.3 is 0 Å². The molecule has 1 heterocycles. The zero-order valence-electron chi connectivity index (χ0n) is 16.1. The maximum atomic E-state index is 12.6. The maximum absolute atomic E-state index is 12.6. The molecule has 0 saturated carbocycles. The molecule has 2 aromatic carbocycles. The lowest BCUT2D eigenvalue weighted by Crippen LogP contribution is -3.15. The van der Waals surface area contributed by atoms with Crippen LogP contribution in [0.25, 0.3) is 0 Å². The smallest absolute Gasteiger partial charge is 0.279 e. The summed E-state index contributed by atoms with van der Waals surface area (Å²) < 4.78 is 0. The first-order valence-electron chi connectivity index (χ1n) is 9.61. The number of nitrogens with zero attached hydrogens (tertiary/aromatic N) is 1. The third-order valence-corrected chi connectivity index (χ3v) is 5.34. The summed E-state index contributed by atoms with van der Waals surface area (Å²) in [6, 6.07) is 14.7. The highest BCUT2D eigenvalue weighted by Crippen LogP contribution is 2.21. The summed E-state index contributed by atoms with van der Waals surface area (Å²) in [6.07, 6.45) is 0.930. The van der Waals surface area contributed by atoms with Crippen molar-refractivity contribution < 1.29 is 9.69 Å². The Morgan fingerprint density at radius 2 is 1.73 bits per heavy atom. The van der Waals surface area contributed by atoms with Gasteiger partial charge in [-0.25, -0.2) is 0 Å². The van der Waals surface area contributed by atoms with Crippen LogP contribution in [-0.4, -0.2) is 38.6 Å². The van der Waals surface area contributed by atoms with Crippen LogP contribution in [0.3, 0.4) is 0 Å². The van der Waals surface area contributed by atoms with E-state index < -0.39 is 0 Å². The van der Waals surface area contributed by atoms with E-state index in [4.69, 9.17) is 0 Å². The third kappa shape index (κ3) is 4.25. The largest absolute Gasteiger partial charge is 0.360 e. The fourth-order valence-corrected chi connectivity index (χ4v) is 3.77. The molecule has 1 saturated heterocycles. The van der Waals surface area contributed by atoms with Crippen LogP contribution in [0, 0.1) is 13.8 Å². The van der Waals surface area contributed by atoms with Crippen molar-refractivity contribution in [1.29, 1.82) is 0 Å². The lowest BCUT2D eigenvalue weighted by atomic mass is 10.1. The number of carbonyl (C=O) groups is 1. The van der Waals surface area contributed by atoms with Crippen molar-refractivity contribution in [3.8, 4) is 0 Å². The summed E-state index contributed by atoms with van der Waals surface area (Å²) >= 11 is 0. The van der Waals surface area contributed by atoms with Crippen LogP contribution in [-0.2, 0) is 11.2 Å². The van der Waals surface area contributed by atoms with Gasteiger partial charge in [0.15, 0.2) is 6.54 Å². The first-order valence-corrected chi connectivity index (χ1v) is 9.61. The van der Waals surface area contributed by atoms with Crippen LogP contribution in [0.15, 0.2) is 42.5 Å². The molecule has 138 valence electrons. The summed E-state index contributed by atoms with van der Waals surface area (Å²) in [7, 11) is 0. The molecule has 0 unspecified atom stereocenters. The lowest BCUT2D eigenvalue weighted by Gasteiger charge is -2.34. The van der Waals surface area contributed by atoms with Crippen molar-refractivity contribution in [3.05, 3.63) is 59.2 Å². The molecule has 0 aliphatic carbocycles. The lowest BCUT2D eigenvalue weighted by molar-refractivity contribution is -0.892. The van der Waals surface area contributed by atoms with Crippen LogP contribution in [0.2, 0.25) is 0 Å². The average molecular weight is 353 g/mol. The number of anilines is 2. The molecule has 1 fully saturated rings. The predicted octanol–water partition coefficient (Wildman–Crippen LogP) is 2.21. The van der Waals surface area contributed by atoms with E-state index in [9.17, 15) is 4.79 Å². The van der Waals surface area contributed by atoms with Crippen LogP contribution in [0.4, 0.5) is 11.4 Å². The van der Waals surface area contributed by atoms with Gasteiger partial charge in [-0.15, -0.1) is 0 Å². The van der Waals surface area contributed by atoms with Crippen molar-refractivity contribution >= 4 is 17.3 Å². The molecular weight excluding hydrogens is 322 g/mol. The van der Waals surface area contributed by atoms with Gasteiger partial charge in [-0.3, -0.25) is 4.79 Å². The normalized spacial score (nSPS) is 15.1. The zero-order valence-corrected chi connectivity index (χ0v) is 16.1. The van der Waals surface area contributed by atoms with Gasteiger partial charge in [0.1, 0.15) is 0 Å². The predicted molar refractivity (Wildman–Crippen MR) is 108 cm³/mol. The minimum Gasteiger partial charge on any atom is -0.360 e. The van der Waals surface area contributed by atoms with E-state index in [1.165, 1.54) is 21.7 Å². The third-order valence-electron chi connectivity index (χ3n) is 5.34. The van der Waals surface area contributed by atoms with Gasteiger partial charge in [0.05, 0.1) is 26.2 Å². The highest BCUT2D eigenvalue weighted by molar-refractivity contribution is 5.93. The average Bonchev–Trinajstić information content (AvgIpc) is 2.64. The standard InChI is InChI=1S/C22H29N3O/c1-4-19-10-7-9-18(3)22(19)23-21(26)16-24-12-14-25(15-13-24)20-11-6-5-8-17(20)2/h5-11H,4,12-16H2,1-3H3,(H,23,26)/p+1. The number of hydrogen-bond acceptors (Lipinski definition) is 2. The highest BCUT2D eigenvalue weighted by atomic mass is 16.2. The number of benzene rings is 2. The van der Waals surface area contributed by atoms with Crippen molar-refractivity contribution in [3.63, 3.8) is 0 Å². The summed E-state index contributed by atoms with van der Waals surface area (Å²) in [5.41, 5.74) is 5.98. The maximum Gasteiger partial charge on any atom is 0.279 e. The van der Waals surface area contributed by atoms with E-state index in [2.05, 4.69) is 73.5 Å². The molecule has 2 aromatic rings. The Balaban J connectivity index is 1.55. The van der Waals surface area contributed by atoms with Gasteiger partial charge < -0.3 is 15.1 Å². The summed E-state index contributed by atoms with van der Waals surface area (Å²) in [4.78, 5) is 16.4. The van der Waals surface area contributed by atoms with Crippen LogP contribution in [0.5, 0.6) is 0 Å². The summed E-state index contributed by atoms with van der Waals surface area (Å²) in [6.45, 7) is 10.9. The van der Waals surface area contributed by atoms with Crippen LogP contribution >= 0.6 is 0 Å². The second kappa shape index (κ2) is 8.37. The van der Waals surface area contributed by atoms with Crippen LogP contribution in [0.1, 0.15) is 23.6 Å². The topological polar surface area (TPSA) is 36.8 Å². The minimum atomic E-state index is 0.119. The van der Waals surface area contributed by atoms with E-state index in [1.54, 1.807) is 0 Å². The summed E-state index contributed by atoms with van der Waals surface area (Å²) in [5.74, 6) is 0.119. The Morgan fingerprint density at radius 3 is 2.42 bits per heavy atom. The van der Waals surface area contributed by atoms with E-state index >= 15 is 0 Å². The number of amides is 1. The quantitative estimate of drug-likeness (QED) is 0.866. The Labute approximate surface area is 156 Å². The molecule has 0 atom stereocenters. The number of rotatable bonds is 5. The molecule has 26 heavy (non-hydrogen) atoms. The van der Waals surface area contributed by atoms with Crippen molar-refractivity contribution in [2.45, 2.75) is 27.2 Å². The van der Waals surface area contributed by atoms with Crippen molar-refractivity contribution in [2.24, 2.45) is 0 Å². The van der Waals surface area contributed by atoms with E-state index in [0.29, 0.717) is 6.54 Å². The molecule has 0 aromatic heterocycles. The van der Waals surface area contributed by atoms with Gasteiger partial charge in [0.2, 0.25) is 0 Å². The second-order valence-electron chi connectivity index (χ2n) is 7.21. The number of piperazine rings is 1.